The second-order valence-corrected chi connectivity index (χ2v) is 5.70. The molecule has 2 amide bonds. The van der Waals surface area contributed by atoms with Gasteiger partial charge in [0.15, 0.2) is 5.16 Å². The van der Waals surface area contributed by atoms with E-state index in [1.54, 1.807) is 12.1 Å². The van der Waals surface area contributed by atoms with E-state index in [9.17, 15) is 9.59 Å². The number of carbonyl (C=O) groups excluding carboxylic acids is 2. The van der Waals surface area contributed by atoms with Gasteiger partial charge in [-0.2, -0.15) is 5.10 Å². The zero-order valence-corrected chi connectivity index (χ0v) is 11.6. The molecule has 7 heteroatoms. The van der Waals surface area contributed by atoms with Crippen LogP contribution in [0.15, 0.2) is 35.7 Å². The number of rotatable bonds is 3. The third-order valence-corrected chi connectivity index (χ3v) is 4.12. The number of amides is 2. The Labute approximate surface area is 119 Å². The molecule has 0 spiro atoms. The monoisotopic (exact) mass is 288 g/mol. The van der Waals surface area contributed by atoms with Crippen molar-refractivity contribution in [2.24, 2.45) is 0 Å². The molecule has 0 saturated carbocycles. The van der Waals surface area contributed by atoms with E-state index in [1.807, 2.05) is 19.1 Å². The summed E-state index contributed by atoms with van der Waals surface area (Å²) in [5.74, 6) is -0.392. The number of aromatic amines is 1. The third kappa shape index (κ3) is 2.32. The van der Waals surface area contributed by atoms with Crippen LogP contribution in [-0.2, 0) is 9.59 Å². The molecular formula is C13H12N4O2S. The number of imide groups is 1. The van der Waals surface area contributed by atoms with Gasteiger partial charge in [0, 0.05) is 6.42 Å². The lowest BCUT2D eigenvalue weighted by Gasteiger charge is -2.14. The van der Waals surface area contributed by atoms with Gasteiger partial charge >= 0.3 is 0 Å². The molecule has 1 aromatic heterocycles. The SMILES string of the molecule is Cc1ccc(N2C(=O)C[C@@H](Sc3ncn[nH]3)C2=O)cc1. The first-order valence-electron chi connectivity index (χ1n) is 6.10. The summed E-state index contributed by atoms with van der Waals surface area (Å²) in [7, 11) is 0. The van der Waals surface area contributed by atoms with Crippen LogP contribution in [0.25, 0.3) is 0 Å². The second kappa shape index (κ2) is 5.09. The zero-order valence-electron chi connectivity index (χ0n) is 10.7. The molecule has 1 aromatic carbocycles. The summed E-state index contributed by atoms with van der Waals surface area (Å²) < 4.78 is 0. The number of aromatic nitrogens is 3. The largest absolute Gasteiger partial charge is 0.274 e. The Balaban J connectivity index is 1.81. The molecule has 1 saturated heterocycles. The molecule has 102 valence electrons. The lowest BCUT2D eigenvalue weighted by Crippen LogP contribution is -2.31. The van der Waals surface area contributed by atoms with Gasteiger partial charge in [0.1, 0.15) is 11.6 Å². The van der Waals surface area contributed by atoms with E-state index in [1.165, 1.54) is 23.0 Å². The first kappa shape index (κ1) is 12.9. The highest BCUT2D eigenvalue weighted by atomic mass is 32.2. The van der Waals surface area contributed by atoms with Crippen molar-refractivity contribution in [1.82, 2.24) is 15.2 Å². The molecule has 1 N–H and O–H groups in total. The second-order valence-electron chi connectivity index (χ2n) is 4.50. The van der Waals surface area contributed by atoms with Gasteiger partial charge in [-0.15, -0.1) is 0 Å². The van der Waals surface area contributed by atoms with Crippen LogP contribution < -0.4 is 4.90 Å². The fraction of sp³-hybridized carbons (Fsp3) is 0.231. The molecule has 2 heterocycles. The van der Waals surface area contributed by atoms with Crippen molar-refractivity contribution in [3.8, 4) is 0 Å². The highest BCUT2D eigenvalue weighted by molar-refractivity contribution is 8.00. The minimum Gasteiger partial charge on any atom is -0.274 e. The highest BCUT2D eigenvalue weighted by Crippen LogP contribution is 2.32. The van der Waals surface area contributed by atoms with E-state index < -0.39 is 5.25 Å². The predicted octanol–water partition coefficient (Wildman–Crippen LogP) is 1.54. The van der Waals surface area contributed by atoms with E-state index in [0.717, 1.165) is 5.56 Å². The van der Waals surface area contributed by atoms with Crippen molar-refractivity contribution in [2.45, 2.75) is 23.8 Å². The molecule has 0 unspecified atom stereocenters. The molecule has 1 aliphatic rings. The first-order valence-corrected chi connectivity index (χ1v) is 6.98. The zero-order chi connectivity index (χ0) is 14.1. The minimum absolute atomic E-state index is 0.179. The summed E-state index contributed by atoms with van der Waals surface area (Å²) in [4.78, 5) is 29.6. The molecule has 6 nitrogen and oxygen atoms in total. The number of nitrogens with zero attached hydrogens (tertiary/aromatic N) is 3. The van der Waals surface area contributed by atoms with Crippen LogP contribution in [0.2, 0.25) is 0 Å². The Bertz CT molecular complexity index is 639. The van der Waals surface area contributed by atoms with Gasteiger partial charge in [0.2, 0.25) is 11.8 Å². The van der Waals surface area contributed by atoms with Gasteiger partial charge in [-0.05, 0) is 19.1 Å². The van der Waals surface area contributed by atoms with Gasteiger partial charge in [-0.25, -0.2) is 9.88 Å². The molecule has 3 rings (SSSR count). The van der Waals surface area contributed by atoms with Crippen LogP contribution in [0.3, 0.4) is 0 Å². The van der Waals surface area contributed by atoms with E-state index >= 15 is 0 Å². The fourth-order valence-electron chi connectivity index (χ4n) is 2.05. The topological polar surface area (TPSA) is 79.0 Å². The van der Waals surface area contributed by atoms with Crippen molar-refractivity contribution >= 4 is 29.3 Å². The van der Waals surface area contributed by atoms with Crippen molar-refractivity contribution in [3.63, 3.8) is 0 Å². The summed E-state index contributed by atoms with van der Waals surface area (Å²) in [6.45, 7) is 1.96. The Morgan fingerprint density at radius 3 is 2.70 bits per heavy atom. The maximum absolute atomic E-state index is 12.3. The number of benzene rings is 1. The molecule has 1 aliphatic heterocycles. The van der Waals surface area contributed by atoms with Gasteiger partial charge in [-0.3, -0.25) is 14.7 Å². The van der Waals surface area contributed by atoms with E-state index in [-0.39, 0.29) is 18.2 Å². The summed E-state index contributed by atoms with van der Waals surface area (Å²) in [6, 6.07) is 7.33. The average molecular weight is 288 g/mol. The first-order chi connectivity index (χ1) is 9.65. The molecule has 0 bridgehead atoms. The standard InChI is InChI=1S/C13H12N4O2S/c1-8-2-4-9(5-3-8)17-11(18)6-10(12(17)19)20-13-14-7-15-16-13/h2-5,7,10H,6H2,1H3,(H,14,15,16)/t10-/m1/s1. The van der Waals surface area contributed by atoms with Gasteiger partial charge in [0.25, 0.3) is 0 Å². The van der Waals surface area contributed by atoms with Crippen LogP contribution in [0.1, 0.15) is 12.0 Å². The number of hydrogen-bond donors (Lipinski definition) is 1. The third-order valence-electron chi connectivity index (χ3n) is 3.04. The van der Waals surface area contributed by atoms with Crippen molar-refractivity contribution in [1.29, 1.82) is 0 Å². The van der Waals surface area contributed by atoms with Crippen LogP contribution in [0.5, 0.6) is 0 Å². The summed E-state index contributed by atoms with van der Waals surface area (Å²) >= 11 is 1.23. The number of H-pyrrole nitrogens is 1. The van der Waals surface area contributed by atoms with Crippen molar-refractivity contribution in [2.75, 3.05) is 4.90 Å². The lowest BCUT2D eigenvalue weighted by atomic mass is 10.2. The molecule has 1 atom stereocenters. The number of carbonyl (C=O) groups is 2. The molecule has 20 heavy (non-hydrogen) atoms. The summed E-state index contributed by atoms with van der Waals surface area (Å²) in [5.41, 5.74) is 1.70. The maximum Gasteiger partial charge on any atom is 0.247 e. The number of nitrogens with one attached hydrogen (secondary N) is 1. The Morgan fingerprint density at radius 2 is 2.05 bits per heavy atom. The normalized spacial score (nSPS) is 18.9. The quantitative estimate of drug-likeness (QED) is 0.867. The van der Waals surface area contributed by atoms with Gasteiger partial charge < -0.3 is 0 Å². The molecular weight excluding hydrogens is 276 g/mol. The average Bonchev–Trinajstić information content (AvgIpc) is 3.02. The smallest absolute Gasteiger partial charge is 0.247 e. The molecule has 2 aromatic rings. The van der Waals surface area contributed by atoms with Crippen LogP contribution in [0.4, 0.5) is 5.69 Å². The highest BCUT2D eigenvalue weighted by Gasteiger charge is 2.40. The van der Waals surface area contributed by atoms with Crippen LogP contribution in [0, 0.1) is 6.92 Å². The van der Waals surface area contributed by atoms with Crippen LogP contribution >= 0.6 is 11.8 Å². The number of anilines is 1. The van der Waals surface area contributed by atoms with E-state index in [0.29, 0.717) is 10.8 Å². The number of hydrogen-bond acceptors (Lipinski definition) is 5. The Morgan fingerprint density at radius 1 is 1.30 bits per heavy atom. The van der Waals surface area contributed by atoms with E-state index in [2.05, 4.69) is 15.2 Å². The maximum atomic E-state index is 12.3. The fourth-order valence-corrected chi connectivity index (χ4v) is 2.96. The summed E-state index contributed by atoms with van der Waals surface area (Å²) in [6.07, 6.45) is 1.55. The van der Waals surface area contributed by atoms with Gasteiger partial charge in [0.05, 0.1) is 5.69 Å². The molecule has 1 fully saturated rings. The van der Waals surface area contributed by atoms with Gasteiger partial charge in [-0.1, -0.05) is 29.5 Å². The summed E-state index contributed by atoms with van der Waals surface area (Å²) in [5, 5.41) is 6.51. The van der Waals surface area contributed by atoms with Crippen LogP contribution in [-0.4, -0.2) is 32.2 Å². The molecule has 0 aliphatic carbocycles. The van der Waals surface area contributed by atoms with Crippen molar-refractivity contribution < 1.29 is 9.59 Å². The lowest BCUT2D eigenvalue weighted by molar-refractivity contribution is -0.121. The Hall–Kier alpha value is -2.15. The minimum atomic E-state index is -0.447. The Kier molecular flexibility index (Phi) is 3.27. The molecule has 0 radical (unpaired) electrons. The number of thioether (sulfide) groups is 1. The predicted molar refractivity (Wildman–Crippen MR) is 74.3 cm³/mol. The number of aryl methyl sites for hydroxylation is 1. The van der Waals surface area contributed by atoms with Crippen molar-refractivity contribution in [3.05, 3.63) is 36.2 Å². The van der Waals surface area contributed by atoms with E-state index in [4.69, 9.17) is 0 Å².